The van der Waals surface area contributed by atoms with E-state index in [-0.39, 0.29) is 11.7 Å². The van der Waals surface area contributed by atoms with Crippen molar-refractivity contribution in [2.45, 2.75) is 12.8 Å². The first-order valence-corrected chi connectivity index (χ1v) is 10.0. The number of rotatable bonds is 6. The van der Waals surface area contributed by atoms with E-state index in [4.69, 9.17) is 9.47 Å². The third-order valence-corrected chi connectivity index (χ3v) is 5.25. The fourth-order valence-electron chi connectivity index (χ4n) is 3.74. The molecule has 1 aliphatic rings. The van der Waals surface area contributed by atoms with Crippen molar-refractivity contribution in [2.75, 3.05) is 33.4 Å². The quantitative estimate of drug-likeness (QED) is 0.613. The van der Waals surface area contributed by atoms with E-state index < -0.39 is 0 Å². The van der Waals surface area contributed by atoms with E-state index in [1.165, 1.54) is 12.1 Å². The zero-order valence-corrected chi connectivity index (χ0v) is 16.9. The number of carbonyl (C=O) groups is 1. The average molecular weight is 407 g/mol. The fraction of sp³-hybridized carbons (Fsp3) is 0.304. The SMILES string of the molecule is COCCOc1cc(O)cc(C(=O)N2CCc3[nH]nc(-c4ccccc4)c3CC2)c1. The largest absolute Gasteiger partial charge is 0.508 e. The van der Waals surface area contributed by atoms with Crippen LogP contribution in [0, 0.1) is 0 Å². The summed E-state index contributed by atoms with van der Waals surface area (Å²) in [6, 6.07) is 14.7. The second-order valence-electron chi connectivity index (χ2n) is 7.24. The van der Waals surface area contributed by atoms with Gasteiger partial charge in [0.1, 0.15) is 18.1 Å². The van der Waals surface area contributed by atoms with Crippen LogP contribution in [-0.4, -0.2) is 59.5 Å². The summed E-state index contributed by atoms with van der Waals surface area (Å²) in [5.41, 5.74) is 4.67. The van der Waals surface area contributed by atoms with Gasteiger partial charge in [0.05, 0.1) is 12.3 Å². The van der Waals surface area contributed by atoms with E-state index in [0.29, 0.717) is 44.0 Å². The molecule has 0 fully saturated rings. The van der Waals surface area contributed by atoms with Crippen molar-refractivity contribution in [1.29, 1.82) is 0 Å². The lowest BCUT2D eigenvalue weighted by Crippen LogP contribution is -2.33. The number of methoxy groups -OCH3 is 1. The van der Waals surface area contributed by atoms with Gasteiger partial charge in [-0.1, -0.05) is 30.3 Å². The Morgan fingerprint density at radius 2 is 1.93 bits per heavy atom. The molecule has 0 saturated heterocycles. The van der Waals surface area contributed by atoms with Crippen LogP contribution in [0.3, 0.4) is 0 Å². The highest BCUT2D eigenvalue weighted by Crippen LogP contribution is 2.28. The number of aromatic nitrogens is 2. The molecular weight excluding hydrogens is 382 g/mol. The van der Waals surface area contributed by atoms with Crippen molar-refractivity contribution in [3.63, 3.8) is 0 Å². The molecule has 2 N–H and O–H groups in total. The molecule has 0 aliphatic carbocycles. The van der Waals surface area contributed by atoms with E-state index in [9.17, 15) is 9.90 Å². The van der Waals surface area contributed by atoms with Gasteiger partial charge in [-0.15, -0.1) is 0 Å². The predicted molar refractivity (Wildman–Crippen MR) is 113 cm³/mol. The maximum Gasteiger partial charge on any atom is 0.254 e. The highest BCUT2D eigenvalue weighted by Gasteiger charge is 2.24. The smallest absolute Gasteiger partial charge is 0.254 e. The van der Waals surface area contributed by atoms with Crippen LogP contribution in [0.15, 0.2) is 48.5 Å². The number of hydrogen-bond acceptors (Lipinski definition) is 5. The molecule has 7 nitrogen and oxygen atoms in total. The second kappa shape index (κ2) is 9.00. The summed E-state index contributed by atoms with van der Waals surface area (Å²) in [6.45, 7) is 1.94. The van der Waals surface area contributed by atoms with Gasteiger partial charge in [0, 0.05) is 55.1 Å². The Bertz CT molecular complexity index is 1020. The minimum Gasteiger partial charge on any atom is -0.508 e. The first-order valence-electron chi connectivity index (χ1n) is 10.0. The number of carbonyl (C=O) groups excluding carboxylic acids is 1. The first kappa shape index (κ1) is 20.0. The van der Waals surface area contributed by atoms with Crippen LogP contribution in [0.25, 0.3) is 11.3 Å². The Labute approximate surface area is 175 Å². The predicted octanol–water partition coefficient (Wildman–Crippen LogP) is 3.05. The summed E-state index contributed by atoms with van der Waals surface area (Å²) in [5.74, 6) is 0.330. The molecule has 0 radical (unpaired) electrons. The summed E-state index contributed by atoms with van der Waals surface area (Å²) < 4.78 is 10.5. The van der Waals surface area contributed by atoms with Crippen LogP contribution < -0.4 is 4.74 Å². The van der Waals surface area contributed by atoms with Crippen molar-refractivity contribution < 1.29 is 19.4 Å². The minimum atomic E-state index is -0.123. The number of phenols is 1. The number of aromatic hydroxyl groups is 1. The van der Waals surface area contributed by atoms with Gasteiger partial charge in [0.2, 0.25) is 0 Å². The zero-order valence-electron chi connectivity index (χ0n) is 16.9. The Morgan fingerprint density at radius 1 is 1.13 bits per heavy atom. The summed E-state index contributed by atoms with van der Waals surface area (Å²) >= 11 is 0. The minimum absolute atomic E-state index is 0.00359. The summed E-state index contributed by atoms with van der Waals surface area (Å²) in [7, 11) is 1.59. The third-order valence-electron chi connectivity index (χ3n) is 5.25. The summed E-state index contributed by atoms with van der Waals surface area (Å²) in [4.78, 5) is 14.9. The van der Waals surface area contributed by atoms with Crippen LogP contribution in [0.2, 0.25) is 0 Å². The van der Waals surface area contributed by atoms with Crippen LogP contribution in [0.4, 0.5) is 0 Å². The van der Waals surface area contributed by atoms with E-state index in [0.717, 1.165) is 28.9 Å². The van der Waals surface area contributed by atoms with Gasteiger partial charge in [-0.05, 0) is 18.6 Å². The molecule has 1 aliphatic heterocycles. The Morgan fingerprint density at radius 3 is 2.73 bits per heavy atom. The number of nitrogens with one attached hydrogen (secondary N) is 1. The normalized spacial score (nSPS) is 13.6. The van der Waals surface area contributed by atoms with Crippen molar-refractivity contribution in [3.8, 4) is 22.8 Å². The number of hydrogen-bond donors (Lipinski definition) is 2. The number of benzene rings is 2. The van der Waals surface area contributed by atoms with Crippen molar-refractivity contribution in [2.24, 2.45) is 0 Å². The molecule has 0 unspecified atom stereocenters. The second-order valence-corrected chi connectivity index (χ2v) is 7.24. The lowest BCUT2D eigenvalue weighted by atomic mass is 10.0. The molecule has 0 spiro atoms. The van der Waals surface area contributed by atoms with Gasteiger partial charge in [-0.3, -0.25) is 9.89 Å². The number of ether oxygens (including phenoxy) is 2. The molecule has 2 aromatic carbocycles. The van der Waals surface area contributed by atoms with Crippen LogP contribution in [-0.2, 0) is 17.6 Å². The van der Waals surface area contributed by atoms with Gasteiger partial charge in [0.25, 0.3) is 5.91 Å². The number of nitrogens with zero attached hydrogens (tertiary/aromatic N) is 2. The molecule has 4 rings (SSSR count). The maximum absolute atomic E-state index is 13.1. The lowest BCUT2D eigenvalue weighted by molar-refractivity contribution is 0.0761. The molecule has 2 heterocycles. The number of H-pyrrole nitrogens is 1. The standard InChI is InChI=1S/C23H25N3O4/c1-29-11-12-30-19-14-17(13-18(27)15-19)23(28)26-9-7-20-21(8-10-26)24-25-22(20)16-5-3-2-4-6-16/h2-6,13-15,27H,7-12H2,1H3,(H,24,25). The van der Waals surface area contributed by atoms with Gasteiger partial charge in [0.15, 0.2) is 0 Å². The molecule has 1 aromatic heterocycles. The Hall–Kier alpha value is -3.32. The van der Waals surface area contributed by atoms with Crippen molar-refractivity contribution >= 4 is 5.91 Å². The highest BCUT2D eigenvalue weighted by molar-refractivity contribution is 5.95. The van der Waals surface area contributed by atoms with Crippen LogP contribution in [0.1, 0.15) is 21.6 Å². The maximum atomic E-state index is 13.1. The molecular formula is C23H25N3O4. The van der Waals surface area contributed by atoms with Crippen molar-refractivity contribution in [3.05, 3.63) is 65.4 Å². The van der Waals surface area contributed by atoms with Crippen LogP contribution in [0.5, 0.6) is 11.5 Å². The van der Waals surface area contributed by atoms with Gasteiger partial charge >= 0.3 is 0 Å². The highest BCUT2D eigenvalue weighted by atomic mass is 16.5. The summed E-state index contributed by atoms with van der Waals surface area (Å²) in [5, 5.41) is 17.7. The molecule has 0 atom stereocenters. The van der Waals surface area contributed by atoms with E-state index in [1.54, 1.807) is 13.2 Å². The van der Waals surface area contributed by atoms with E-state index in [1.807, 2.05) is 35.2 Å². The number of phenolic OH excluding ortho intramolecular Hbond substituents is 1. The molecule has 156 valence electrons. The monoisotopic (exact) mass is 407 g/mol. The number of aromatic amines is 1. The third kappa shape index (κ3) is 4.31. The van der Waals surface area contributed by atoms with Gasteiger partial charge < -0.3 is 19.5 Å². The fourth-order valence-corrected chi connectivity index (χ4v) is 3.74. The summed E-state index contributed by atoms with van der Waals surface area (Å²) in [6.07, 6.45) is 1.43. The Kier molecular flexibility index (Phi) is 5.99. The van der Waals surface area contributed by atoms with Gasteiger partial charge in [-0.2, -0.15) is 5.10 Å². The molecule has 30 heavy (non-hydrogen) atoms. The molecule has 7 heteroatoms. The lowest BCUT2D eigenvalue weighted by Gasteiger charge is -2.21. The van der Waals surface area contributed by atoms with Crippen LogP contribution >= 0.6 is 0 Å². The van der Waals surface area contributed by atoms with E-state index in [2.05, 4.69) is 10.2 Å². The number of amides is 1. The van der Waals surface area contributed by atoms with Gasteiger partial charge in [-0.25, -0.2) is 0 Å². The number of fused-ring (bicyclic) bond motifs is 1. The first-order chi connectivity index (χ1) is 14.7. The molecule has 0 bridgehead atoms. The average Bonchev–Trinajstić information content (AvgIpc) is 3.05. The topological polar surface area (TPSA) is 87.7 Å². The van der Waals surface area contributed by atoms with Crippen molar-refractivity contribution in [1.82, 2.24) is 15.1 Å². The van der Waals surface area contributed by atoms with E-state index >= 15 is 0 Å². The molecule has 0 saturated carbocycles. The Balaban J connectivity index is 1.50. The molecule has 1 amide bonds. The zero-order chi connectivity index (χ0) is 20.9. The molecule has 3 aromatic rings.